The lowest BCUT2D eigenvalue weighted by atomic mass is 9.70. The van der Waals surface area contributed by atoms with E-state index in [2.05, 4.69) is 23.1 Å². The molecule has 2 bridgehead atoms. The summed E-state index contributed by atoms with van der Waals surface area (Å²) in [5, 5.41) is 9.13. The van der Waals surface area contributed by atoms with E-state index in [-0.39, 0.29) is 25.2 Å². The van der Waals surface area contributed by atoms with Crippen LogP contribution >= 0.6 is 0 Å². The molecule has 0 unspecified atom stereocenters. The van der Waals surface area contributed by atoms with Gasteiger partial charge in [0.25, 0.3) is 0 Å². The van der Waals surface area contributed by atoms with E-state index in [0.29, 0.717) is 19.1 Å². The maximum absolute atomic E-state index is 13.3. The van der Waals surface area contributed by atoms with Gasteiger partial charge in [-0.05, 0) is 44.2 Å². The number of carbonyl (C=O) groups is 1. The number of esters is 1. The molecule has 0 saturated carbocycles. The van der Waals surface area contributed by atoms with Gasteiger partial charge in [0.1, 0.15) is 12.4 Å². The summed E-state index contributed by atoms with van der Waals surface area (Å²) in [7, 11) is 0. The molecule has 2 aromatic carbocycles. The monoisotopic (exact) mass is 409 g/mol. The van der Waals surface area contributed by atoms with Gasteiger partial charge in [-0.15, -0.1) is 0 Å². The van der Waals surface area contributed by atoms with Crippen molar-refractivity contribution in [3.63, 3.8) is 0 Å². The van der Waals surface area contributed by atoms with Crippen molar-refractivity contribution in [3.8, 4) is 5.75 Å². The number of hydrogen-bond acceptors (Lipinski definition) is 5. The van der Waals surface area contributed by atoms with E-state index in [4.69, 9.17) is 14.6 Å². The van der Waals surface area contributed by atoms with Gasteiger partial charge in [0, 0.05) is 24.2 Å². The standard InChI is InChI=1S/C25H31NO4/c1-2-29-24(28)25(16-19-8-4-3-5-9-19)17-21-12-13-23(25)26(21)18-20-10-6-7-11-22(20)30-15-14-27/h3-11,21,23,27H,2,12-18H2,1H3/t21-,23+,25+/m0/s1. The van der Waals surface area contributed by atoms with E-state index in [1.807, 2.05) is 43.3 Å². The fraction of sp³-hybridized carbons (Fsp3) is 0.480. The highest BCUT2D eigenvalue weighted by Gasteiger charge is 2.60. The number of aliphatic hydroxyl groups is 1. The van der Waals surface area contributed by atoms with Crippen LogP contribution in [0, 0.1) is 5.41 Å². The van der Waals surface area contributed by atoms with E-state index in [9.17, 15) is 4.79 Å². The second-order valence-electron chi connectivity index (χ2n) is 8.34. The van der Waals surface area contributed by atoms with Crippen LogP contribution in [-0.4, -0.2) is 47.9 Å². The van der Waals surface area contributed by atoms with E-state index in [1.165, 1.54) is 5.56 Å². The van der Waals surface area contributed by atoms with Crippen molar-refractivity contribution in [2.75, 3.05) is 19.8 Å². The molecule has 0 aromatic heterocycles. The Bertz CT molecular complexity index is 855. The zero-order valence-electron chi connectivity index (χ0n) is 17.6. The molecular weight excluding hydrogens is 378 g/mol. The van der Waals surface area contributed by atoms with Gasteiger partial charge in [-0.2, -0.15) is 0 Å². The fourth-order valence-corrected chi connectivity index (χ4v) is 5.39. The minimum Gasteiger partial charge on any atom is -0.491 e. The first kappa shape index (κ1) is 20.9. The number of nitrogens with zero attached hydrogens (tertiary/aromatic N) is 1. The predicted molar refractivity (Wildman–Crippen MR) is 115 cm³/mol. The molecule has 2 aliphatic heterocycles. The quantitative estimate of drug-likeness (QED) is 0.642. The van der Waals surface area contributed by atoms with Crippen LogP contribution in [0.1, 0.15) is 37.3 Å². The second-order valence-corrected chi connectivity index (χ2v) is 8.34. The Balaban J connectivity index is 1.61. The van der Waals surface area contributed by atoms with Crippen LogP contribution in [0.4, 0.5) is 0 Å². The molecular formula is C25H31NO4. The molecule has 2 heterocycles. The summed E-state index contributed by atoms with van der Waals surface area (Å²) >= 11 is 0. The van der Waals surface area contributed by atoms with Gasteiger partial charge >= 0.3 is 5.97 Å². The number of ether oxygens (including phenoxy) is 2. The highest BCUT2D eigenvalue weighted by molar-refractivity contribution is 5.79. The molecule has 2 fully saturated rings. The first-order valence-corrected chi connectivity index (χ1v) is 11.0. The molecule has 30 heavy (non-hydrogen) atoms. The molecule has 5 heteroatoms. The Labute approximate surface area is 178 Å². The lowest BCUT2D eigenvalue weighted by molar-refractivity contribution is -0.157. The smallest absolute Gasteiger partial charge is 0.314 e. The van der Waals surface area contributed by atoms with Crippen LogP contribution in [0.5, 0.6) is 5.75 Å². The van der Waals surface area contributed by atoms with Gasteiger partial charge in [-0.1, -0.05) is 48.5 Å². The minimum atomic E-state index is -0.499. The van der Waals surface area contributed by atoms with Crippen LogP contribution in [0.3, 0.4) is 0 Å². The van der Waals surface area contributed by atoms with Gasteiger partial charge in [-0.3, -0.25) is 9.69 Å². The van der Waals surface area contributed by atoms with Gasteiger partial charge in [0.05, 0.1) is 18.6 Å². The molecule has 2 saturated heterocycles. The Morgan fingerprint density at radius 2 is 1.90 bits per heavy atom. The average molecular weight is 410 g/mol. The number of carbonyl (C=O) groups excluding carboxylic acids is 1. The minimum absolute atomic E-state index is 0.00760. The van der Waals surface area contributed by atoms with Crippen LogP contribution in [-0.2, 0) is 22.5 Å². The highest BCUT2D eigenvalue weighted by atomic mass is 16.5. The lowest BCUT2D eigenvalue weighted by Crippen LogP contribution is -2.46. The summed E-state index contributed by atoms with van der Waals surface area (Å²) in [6.45, 7) is 3.31. The summed E-state index contributed by atoms with van der Waals surface area (Å²) in [4.78, 5) is 15.8. The van der Waals surface area contributed by atoms with Crippen molar-refractivity contribution < 1.29 is 19.4 Å². The molecule has 160 valence electrons. The van der Waals surface area contributed by atoms with Crippen LogP contribution < -0.4 is 4.74 Å². The van der Waals surface area contributed by atoms with Crippen molar-refractivity contribution in [3.05, 3.63) is 65.7 Å². The van der Waals surface area contributed by atoms with E-state index >= 15 is 0 Å². The third kappa shape index (κ3) is 3.96. The van der Waals surface area contributed by atoms with Crippen molar-refractivity contribution in [1.29, 1.82) is 0 Å². The lowest BCUT2D eigenvalue weighted by Gasteiger charge is -2.35. The van der Waals surface area contributed by atoms with Crippen LogP contribution in [0.15, 0.2) is 54.6 Å². The summed E-state index contributed by atoms with van der Waals surface area (Å²) < 4.78 is 11.4. The zero-order valence-corrected chi connectivity index (χ0v) is 17.6. The van der Waals surface area contributed by atoms with Crippen LogP contribution in [0.25, 0.3) is 0 Å². The first-order valence-electron chi connectivity index (χ1n) is 11.0. The van der Waals surface area contributed by atoms with E-state index in [1.54, 1.807) is 0 Å². The van der Waals surface area contributed by atoms with Gasteiger partial charge in [0.2, 0.25) is 0 Å². The number of para-hydroxylation sites is 1. The number of benzene rings is 2. The summed E-state index contributed by atoms with van der Waals surface area (Å²) in [5.41, 5.74) is 1.79. The molecule has 3 atom stereocenters. The summed E-state index contributed by atoms with van der Waals surface area (Å²) in [6, 6.07) is 18.8. The molecule has 0 amide bonds. The maximum Gasteiger partial charge on any atom is 0.314 e. The average Bonchev–Trinajstić information content (AvgIpc) is 3.29. The fourth-order valence-electron chi connectivity index (χ4n) is 5.39. The molecule has 2 aromatic rings. The van der Waals surface area contributed by atoms with E-state index in [0.717, 1.165) is 37.1 Å². The second kappa shape index (κ2) is 9.19. The molecule has 2 aliphatic rings. The highest BCUT2D eigenvalue weighted by Crippen LogP contribution is 2.53. The number of aliphatic hydroxyl groups excluding tert-OH is 1. The summed E-state index contributed by atoms with van der Waals surface area (Å²) in [5.74, 6) is 0.749. The Kier molecular flexibility index (Phi) is 6.40. The molecule has 1 N–H and O–H groups in total. The SMILES string of the molecule is CCOC(=O)[C@]1(Cc2ccccc2)C[C@@H]2CC[C@H]1N2Cc1ccccc1OCCO. The molecule has 4 rings (SSSR count). The Morgan fingerprint density at radius 1 is 1.13 bits per heavy atom. The summed E-state index contributed by atoms with van der Waals surface area (Å²) in [6.07, 6.45) is 3.67. The Morgan fingerprint density at radius 3 is 2.67 bits per heavy atom. The molecule has 0 spiro atoms. The Hall–Kier alpha value is -2.37. The van der Waals surface area contributed by atoms with Crippen molar-refractivity contribution in [1.82, 2.24) is 4.90 Å². The normalized spacial score (nSPS) is 25.4. The largest absolute Gasteiger partial charge is 0.491 e. The van der Waals surface area contributed by atoms with Crippen molar-refractivity contribution in [2.24, 2.45) is 5.41 Å². The number of rotatable bonds is 9. The van der Waals surface area contributed by atoms with Gasteiger partial charge in [0.15, 0.2) is 0 Å². The topological polar surface area (TPSA) is 59.0 Å². The molecule has 5 nitrogen and oxygen atoms in total. The van der Waals surface area contributed by atoms with Crippen molar-refractivity contribution in [2.45, 2.75) is 51.2 Å². The third-order valence-electron chi connectivity index (χ3n) is 6.60. The number of hydrogen-bond donors (Lipinski definition) is 1. The van der Waals surface area contributed by atoms with Crippen LogP contribution in [0.2, 0.25) is 0 Å². The van der Waals surface area contributed by atoms with Gasteiger partial charge < -0.3 is 14.6 Å². The third-order valence-corrected chi connectivity index (χ3v) is 6.60. The molecule has 0 aliphatic carbocycles. The van der Waals surface area contributed by atoms with Gasteiger partial charge in [-0.25, -0.2) is 0 Å². The first-order chi connectivity index (χ1) is 14.7. The predicted octanol–water partition coefficient (Wildman–Crippen LogP) is 3.59. The number of fused-ring (bicyclic) bond motifs is 2. The van der Waals surface area contributed by atoms with Crippen molar-refractivity contribution >= 4 is 5.97 Å². The zero-order chi connectivity index (χ0) is 21.0. The molecule has 0 radical (unpaired) electrons. The van der Waals surface area contributed by atoms with E-state index < -0.39 is 5.41 Å². The maximum atomic E-state index is 13.3.